The van der Waals surface area contributed by atoms with E-state index < -0.39 is 42.3 Å². The number of ether oxygens (including phenoxy) is 3. The van der Waals surface area contributed by atoms with Crippen LogP contribution >= 0.6 is 0 Å². The molecule has 0 aromatic heterocycles. The van der Waals surface area contributed by atoms with Gasteiger partial charge in [-0.1, -0.05) is 65.7 Å². The van der Waals surface area contributed by atoms with Crippen LogP contribution in [0.5, 0.6) is 0 Å². The molecular formula is C33H32N2O7. The van der Waals surface area contributed by atoms with Crippen LogP contribution in [0.1, 0.15) is 48.6 Å². The zero-order valence-corrected chi connectivity index (χ0v) is 23.5. The molecule has 9 heteroatoms. The summed E-state index contributed by atoms with van der Waals surface area (Å²) in [6.45, 7) is 3.94. The van der Waals surface area contributed by atoms with Gasteiger partial charge in [0, 0.05) is 25.1 Å². The van der Waals surface area contributed by atoms with Crippen LogP contribution in [-0.4, -0.2) is 71.8 Å². The second-order valence-electron chi connectivity index (χ2n) is 10.3. The Balaban J connectivity index is 1.33. The average Bonchev–Trinajstić information content (AvgIpc) is 3.29. The van der Waals surface area contributed by atoms with Crippen LogP contribution in [0, 0.1) is 13.8 Å². The molecule has 2 aliphatic heterocycles. The Bertz CT molecular complexity index is 1470. The van der Waals surface area contributed by atoms with Crippen molar-refractivity contribution < 1.29 is 33.4 Å². The highest BCUT2D eigenvalue weighted by Crippen LogP contribution is 2.29. The third-order valence-electron chi connectivity index (χ3n) is 7.24. The van der Waals surface area contributed by atoms with Gasteiger partial charge in [0.2, 0.25) is 0 Å². The lowest BCUT2D eigenvalue weighted by Gasteiger charge is -2.30. The summed E-state index contributed by atoms with van der Waals surface area (Å²) in [5, 5.41) is 0. The Morgan fingerprint density at radius 3 is 2.02 bits per heavy atom. The molecule has 2 heterocycles. The Morgan fingerprint density at radius 2 is 1.38 bits per heavy atom. The summed E-state index contributed by atoms with van der Waals surface area (Å²) in [5.41, 5.74) is 3.14. The molecule has 1 unspecified atom stereocenters. The van der Waals surface area contributed by atoms with Crippen molar-refractivity contribution in [3.05, 3.63) is 119 Å². The molecule has 42 heavy (non-hydrogen) atoms. The first kappa shape index (κ1) is 28.8. The topological polar surface area (TPSA) is 102 Å². The van der Waals surface area contributed by atoms with Crippen LogP contribution in [0.25, 0.3) is 0 Å². The fourth-order valence-corrected chi connectivity index (χ4v) is 4.82. The number of carbonyl (C=O) groups is 4. The first-order valence-corrected chi connectivity index (χ1v) is 13.8. The first-order valence-electron chi connectivity index (χ1n) is 13.8. The molecule has 0 spiro atoms. The van der Waals surface area contributed by atoms with E-state index in [1.807, 2.05) is 38.1 Å². The van der Waals surface area contributed by atoms with Gasteiger partial charge in [0.15, 0.2) is 0 Å². The molecule has 0 N–H and O–H groups in total. The highest BCUT2D eigenvalue weighted by molar-refractivity contribution is 6.04. The molecule has 3 amide bonds. The van der Waals surface area contributed by atoms with Gasteiger partial charge in [0.05, 0.1) is 11.1 Å². The summed E-state index contributed by atoms with van der Waals surface area (Å²) in [5.74, 6) is -1.53. The minimum Gasteiger partial charge on any atom is -0.459 e. The number of esters is 2. The minimum absolute atomic E-state index is 0.110. The van der Waals surface area contributed by atoms with Crippen molar-refractivity contribution in [3.8, 4) is 0 Å². The smallest absolute Gasteiger partial charge is 0.338 e. The van der Waals surface area contributed by atoms with Crippen LogP contribution in [0.15, 0.2) is 91.0 Å². The quantitative estimate of drug-likeness (QED) is 0.294. The third kappa shape index (κ3) is 6.58. The van der Waals surface area contributed by atoms with E-state index in [1.54, 1.807) is 66.7 Å². The monoisotopic (exact) mass is 568 g/mol. The second-order valence-corrected chi connectivity index (χ2v) is 10.3. The number of benzene rings is 3. The molecule has 0 bridgehead atoms. The van der Waals surface area contributed by atoms with E-state index in [0.29, 0.717) is 16.7 Å². The summed E-state index contributed by atoms with van der Waals surface area (Å²) in [4.78, 5) is 55.1. The summed E-state index contributed by atoms with van der Waals surface area (Å²) in [6.07, 6.45) is 1.20. The predicted octanol–water partition coefficient (Wildman–Crippen LogP) is 4.94. The zero-order chi connectivity index (χ0) is 29.6. The molecule has 3 atom stereocenters. The summed E-state index contributed by atoms with van der Waals surface area (Å²) >= 11 is 0. The molecule has 0 aliphatic carbocycles. The van der Waals surface area contributed by atoms with E-state index in [-0.39, 0.29) is 26.1 Å². The summed E-state index contributed by atoms with van der Waals surface area (Å²) in [6, 6.07) is 22.0. The highest BCUT2D eigenvalue weighted by Gasteiger charge is 2.44. The molecule has 216 valence electrons. The largest absolute Gasteiger partial charge is 0.459 e. The molecular weight excluding hydrogens is 536 g/mol. The molecule has 3 aromatic carbocycles. The molecule has 9 nitrogen and oxygen atoms in total. The van der Waals surface area contributed by atoms with E-state index in [4.69, 9.17) is 14.2 Å². The Kier molecular flexibility index (Phi) is 8.78. The van der Waals surface area contributed by atoms with Crippen molar-refractivity contribution >= 4 is 23.9 Å². The number of hydrogen-bond donors (Lipinski definition) is 0. The lowest BCUT2D eigenvalue weighted by atomic mass is 10.1. The minimum atomic E-state index is -0.836. The van der Waals surface area contributed by atoms with Gasteiger partial charge >= 0.3 is 18.0 Å². The van der Waals surface area contributed by atoms with Gasteiger partial charge in [-0.25, -0.2) is 14.4 Å². The van der Waals surface area contributed by atoms with Crippen molar-refractivity contribution in [2.45, 2.75) is 38.7 Å². The Hall–Kier alpha value is -4.76. The van der Waals surface area contributed by atoms with Gasteiger partial charge in [-0.3, -0.25) is 14.6 Å². The maximum absolute atomic E-state index is 13.6. The fourth-order valence-electron chi connectivity index (χ4n) is 4.82. The van der Waals surface area contributed by atoms with E-state index >= 15 is 0 Å². The number of imide groups is 1. The van der Waals surface area contributed by atoms with Crippen LogP contribution < -0.4 is 0 Å². The van der Waals surface area contributed by atoms with Crippen molar-refractivity contribution in [2.75, 3.05) is 19.7 Å². The summed E-state index contributed by atoms with van der Waals surface area (Å²) < 4.78 is 17.6. The van der Waals surface area contributed by atoms with Gasteiger partial charge in [-0.2, -0.15) is 0 Å². The lowest BCUT2D eigenvalue weighted by Crippen LogP contribution is -2.49. The van der Waals surface area contributed by atoms with Crippen molar-refractivity contribution in [3.63, 3.8) is 0 Å². The Labute approximate surface area is 244 Å². The van der Waals surface area contributed by atoms with Crippen LogP contribution in [0.3, 0.4) is 0 Å². The zero-order valence-electron chi connectivity index (χ0n) is 23.5. The number of rotatable bonds is 7. The lowest BCUT2D eigenvalue weighted by molar-refractivity contribution is -0.0713. The van der Waals surface area contributed by atoms with E-state index in [9.17, 15) is 19.2 Å². The van der Waals surface area contributed by atoms with Gasteiger partial charge in [-0.05, 0) is 50.2 Å². The molecule has 0 saturated carbocycles. The van der Waals surface area contributed by atoms with Gasteiger partial charge < -0.3 is 14.2 Å². The predicted molar refractivity (Wildman–Crippen MR) is 154 cm³/mol. The standard InChI is InChI=1S/C33H32N2O7/c1-22-10-14-25(15-11-22)31(37)40-21-28-27(42-32(38)26-16-12-23(2)13-17-26)20-29(41-28)34-18-6-7-19-35(33(34)39)30(36)24-8-4-3-5-9-24/h3-17,27-29H,18-21H2,1-2H3/t27?,28-,29-/m1/s1. The number of carbonyl (C=O) groups excluding carboxylic acids is 4. The Morgan fingerprint density at radius 1 is 0.786 bits per heavy atom. The van der Waals surface area contributed by atoms with Gasteiger partial charge in [-0.15, -0.1) is 0 Å². The van der Waals surface area contributed by atoms with Crippen LogP contribution in [-0.2, 0) is 14.2 Å². The normalized spacial score (nSPS) is 20.2. The number of hydrogen-bond acceptors (Lipinski definition) is 7. The molecule has 0 radical (unpaired) electrons. The number of urea groups is 1. The molecule has 2 aliphatic rings. The van der Waals surface area contributed by atoms with Crippen LogP contribution in [0.4, 0.5) is 4.79 Å². The maximum atomic E-state index is 13.6. The van der Waals surface area contributed by atoms with Crippen molar-refractivity contribution in [1.29, 1.82) is 0 Å². The fraction of sp³-hybridized carbons (Fsp3) is 0.273. The molecule has 1 saturated heterocycles. The molecule has 3 aromatic rings. The van der Waals surface area contributed by atoms with Crippen LogP contribution in [0.2, 0.25) is 0 Å². The average molecular weight is 569 g/mol. The van der Waals surface area contributed by atoms with Gasteiger partial charge in [0.25, 0.3) is 5.91 Å². The van der Waals surface area contributed by atoms with Crippen molar-refractivity contribution in [1.82, 2.24) is 9.80 Å². The molecule has 5 rings (SSSR count). The first-order chi connectivity index (χ1) is 20.3. The molecule has 1 fully saturated rings. The maximum Gasteiger partial charge on any atom is 0.338 e. The number of nitrogens with zero attached hydrogens (tertiary/aromatic N) is 2. The highest BCUT2D eigenvalue weighted by atomic mass is 16.6. The number of amides is 3. The van der Waals surface area contributed by atoms with Gasteiger partial charge in [0.1, 0.15) is 25.0 Å². The van der Waals surface area contributed by atoms with E-state index in [2.05, 4.69) is 0 Å². The third-order valence-corrected chi connectivity index (χ3v) is 7.24. The second kappa shape index (κ2) is 12.8. The summed E-state index contributed by atoms with van der Waals surface area (Å²) in [7, 11) is 0. The van der Waals surface area contributed by atoms with E-state index in [0.717, 1.165) is 16.0 Å². The SMILES string of the molecule is Cc1ccc(C(=O)OC[C@H]2O[C@@H](N3CC=CCN(C(=O)c4ccccc4)C3=O)CC2OC(=O)c2ccc(C)cc2)cc1. The van der Waals surface area contributed by atoms with Crippen molar-refractivity contribution in [2.24, 2.45) is 0 Å². The van der Waals surface area contributed by atoms with E-state index in [1.165, 1.54) is 4.90 Å². The number of aryl methyl sites for hydroxylation is 2.